The molecule has 0 amide bonds. The quantitative estimate of drug-likeness (QED) is 0.715. The lowest BCUT2D eigenvalue weighted by Crippen LogP contribution is -2.09. The van der Waals surface area contributed by atoms with E-state index in [2.05, 4.69) is 17.2 Å². The lowest BCUT2D eigenvalue weighted by atomic mass is 10.2. The monoisotopic (exact) mass is 221 g/mol. The summed E-state index contributed by atoms with van der Waals surface area (Å²) in [4.78, 5) is 14.7. The van der Waals surface area contributed by atoms with Crippen LogP contribution in [0, 0.1) is 11.8 Å². The van der Waals surface area contributed by atoms with E-state index in [1.807, 2.05) is 0 Å². The predicted molar refractivity (Wildman–Crippen MR) is 61.4 cm³/mol. The molecule has 1 fully saturated rings. The summed E-state index contributed by atoms with van der Waals surface area (Å²) in [5, 5.41) is 11.9. The molecule has 0 bridgehead atoms. The number of carboxylic acids is 1. The van der Waals surface area contributed by atoms with Crippen LogP contribution in [0.4, 0.5) is 11.5 Å². The second kappa shape index (κ2) is 4.00. The van der Waals surface area contributed by atoms with Crippen LogP contribution in [-0.4, -0.2) is 22.6 Å². The molecule has 1 aliphatic carbocycles. The minimum absolute atomic E-state index is 0.114. The number of nitrogens with two attached hydrogens (primary N) is 1. The van der Waals surface area contributed by atoms with Crippen LogP contribution in [0.5, 0.6) is 0 Å². The fourth-order valence-corrected chi connectivity index (χ4v) is 1.66. The minimum Gasteiger partial charge on any atom is -0.478 e. The Bertz CT molecular complexity index is 420. The van der Waals surface area contributed by atoms with E-state index in [1.54, 1.807) is 0 Å². The Kier molecular flexibility index (Phi) is 2.68. The SMILES string of the molecule is CC1CC1CNc1ncc(C(=O)O)cc1N. The molecule has 1 aliphatic rings. The summed E-state index contributed by atoms with van der Waals surface area (Å²) in [5.74, 6) is 1.03. The third kappa shape index (κ3) is 2.24. The predicted octanol–water partition coefficient (Wildman–Crippen LogP) is 1.43. The van der Waals surface area contributed by atoms with Gasteiger partial charge in [0.05, 0.1) is 11.3 Å². The van der Waals surface area contributed by atoms with Gasteiger partial charge in [-0.2, -0.15) is 0 Å². The molecule has 2 atom stereocenters. The van der Waals surface area contributed by atoms with E-state index in [-0.39, 0.29) is 5.56 Å². The van der Waals surface area contributed by atoms with Gasteiger partial charge in [0.2, 0.25) is 0 Å². The highest BCUT2D eigenvalue weighted by atomic mass is 16.4. The Balaban J connectivity index is 2.01. The van der Waals surface area contributed by atoms with Gasteiger partial charge >= 0.3 is 5.97 Å². The summed E-state index contributed by atoms with van der Waals surface area (Å²) in [6.07, 6.45) is 2.55. The van der Waals surface area contributed by atoms with Gasteiger partial charge in [0.15, 0.2) is 0 Å². The first-order valence-corrected chi connectivity index (χ1v) is 5.30. The maximum atomic E-state index is 10.7. The number of aromatic carboxylic acids is 1. The third-order valence-corrected chi connectivity index (χ3v) is 2.97. The van der Waals surface area contributed by atoms with Gasteiger partial charge in [0.1, 0.15) is 5.82 Å². The van der Waals surface area contributed by atoms with E-state index < -0.39 is 5.97 Å². The molecule has 1 heterocycles. The average Bonchev–Trinajstić information content (AvgIpc) is 2.92. The number of pyridine rings is 1. The second-order valence-corrected chi connectivity index (χ2v) is 4.32. The lowest BCUT2D eigenvalue weighted by molar-refractivity contribution is 0.0696. The molecule has 0 aromatic carbocycles. The van der Waals surface area contributed by atoms with Gasteiger partial charge < -0.3 is 16.2 Å². The number of nitrogens with one attached hydrogen (secondary N) is 1. The van der Waals surface area contributed by atoms with Crippen LogP contribution in [0.3, 0.4) is 0 Å². The van der Waals surface area contributed by atoms with E-state index in [1.165, 1.54) is 18.7 Å². The number of carbonyl (C=O) groups is 1. The molecule has 0 saturated heterocycles. The molecule has 0 radical (unpaired) electrons. The summed E-state index contributed by atoms with van der Waals surface area (Å²) < 4.78 is 0. The number of nitrogens with zero attached hydrogens (tertiary/aromatic N) is 1. The fourth-order valence-electron chi connectivity index (χ4n) is 1.66. The van der Waals surface area contributed by atoms with Crippen molar-refractivity contribution in [1.29, 1.82) is 0 Å². The zero-order valence-electron chi connectivity index (χ0n) is 9.10. The van der Waals surface area contributed by atoms with Crippen LogP contribution >= 0.6 is 0 Å². The summed E-state index contributed by atoms with van der Waals surface area (Å²) in [6.45, 7) is 3.06. The van der Waals surface area contributed by atoms with E-state index in [0.29, 0.717) is 17.4 Å². The van der Waals surface area contributed by atoms with Crippen molar-refractivity contribution in [2.24, 2.45) is 11.8 Å². The van der Waals surface area contributed by atoms with Gasteiger partial charge in [0.25, 0.3) is 0 Å². The summed E-state index contributed by atoms with van der Waals surface area (Å²) >= 11 is 0. The van der Waals surface area contributed by atoms with Crippen LogP contribution in [0.25, 0.3) is 0 Å². The molecular weight excluding hydrogens is 206 g/mol. The second-order valence-electron chi connectivity index (χ2n) is 4.32. The van der Waals surface area contributed by atoms with E-state index in [4.69, 9.17) is 10.8 Å². The molecule has 4 N–H and O–H groups in total. The Hall–Kier alpha value is -1.78. The molecule has 2 unspecified atom stereocenters. The number of hydrogen-bond acceptors (Lipinski definition) is 4. The first-order chi connectivity index (χ1) is 7.58. The smallest absolute Gasteiger partial charge is 0.337 e. The number of aromatic nitrogens is 1. The number of carboxylic acid groups (broad SMARTS) is 1. The van der Waals surface area contributed by atoms with Gasteiger partial charge in [-0.05, 0) is 24.3 Å². The first kappa shape index (κ1) is 10.7. The van der Waals surface area contributed by atoms with Gasteiger partial charge in [-0.15, -0.1) is 0 Å². The molecule has 1 aromatic rings. The number of anilines is 2. The highest BCUT2D eigenvalue weighted by Crippen LogP contribution is 2.37. The van der Waals surface area contributed by atoms with Crippen molar-refractivity contribution in [2.75, 3.05) is 17.6 Å². The molecular formula is C11H15N3O2. The summed E-state index contributed by atoms with van der Waals surface area (Å²) in [7, 11) is 0. The standard InChI is InChI=1S/C11H15N3O2/c1-6-2-7(6)4-13-10-9(12)3-8(5-14-10)11(15)16/h3,5-7H,2,4,12H2,1H3,(H,13,14)(H,15,16). The van der Waals surface area contributed by atoms with Gasteiger partial charge in [0, 0.05) is 12.7 Å². The number of hydrogen-bond donors (Lipinski definition) is 3. The third-order valence-electron chi connectivity index (χ3n) is 2.97. The highest BCUT2D eigenvalue weighted by Gasteiger charge is 2.32. The van der Waals surface area contributed by atoms with Crippen LogP contribution in [0.2, 0.25) is 0 Å². The van der Waals surface area contributed by atoms with Crippen LogP contribution < -0.4 is 11.1 Å². The minimum atomic E-state index is -1.01. The van der Waals surface area contributed by atoms with Crippen molar-refractivity contribution in [3.05, 3.63) is 17.8 Å². The summed E-state index contributed by atoms with van der Waals surface area (Å²) in [5.41, 5.74) is 6.21. The normalized spacial score (nSPS) is 22.8. The molecule has 16 heavy (non-hydrogen) atoms. The molecule has 1 aromatic heterocycles. The van der Waals surface area contributed by atoms with E-state index in [0.717, 1.165) is 12.5 Å². The first-order valence-electron chi connectivity index (χ1n) is 5.30. The van der Waals surface area contributed by atoms with Crippen molar-refractivity contribution in [3.63, 3.8) is 0 Å². The van der Waals surface area contributed by atoms with Crippen LogP contribution in [0.1, 0.15) is 23.7 Å². The van der Waals surface area contributed by atoms with Crippen molar-refractivity contribution in [1.82, 2.24) is 4.98 Å². The molecule has 5 heteroatoms. The van der Waals surface area contributed by atoms with E-state index >= 15 is 0 Å². The Morgan fingerprint density at radius 3 is 2.94 bits per heavy atom. The van der Waals surface area contributed by atoms with Crippen molar-refractivity contribution in [3.8, 4) is 0 Å². The summed E-state index contributed by atoms with van der Waals surface area (Å²) in [6, 6.07) is 1.42. The molecule has 2 rings (SSSR count). The molecule has 0 spiro atoms. The zero-order chi connectivity index (χ0) is 11.7. The van der Waals surface area contributed by atoms with Crippen molar-refractivity contribution in [2.45, 2.75) is 13.3 Å². The maximum absolute atomic E-state index is 10.7. The maximum Gasteiger partial charge on any atom is 0.337 e. The average molecular weight is 221 g/mol. The molecule has 86 valence electrons. The van der Waals surface area contributed by atoms with Crippen molar-refractivity contribution < 1.29 is 9.90 Å². The molecule has 1 saturated carbocycles. The Morgan fingerprint density at radius 2 is 2.44 bits per heavy atom. The topological polar surface area (TPSA) is 88.2 Å². The Labute approximate surface area is 93.7 Å². The highest BCUT2D eigenvalue weighted by molar-refractivity contribution is 5.89. The van der Waals surface area contributed by atoms with E-state index in [9.17, 15) is 4.79 Å². The van der Waals surface area contributed by atoms with Gasteiger partial charge in [-0.25, -0.2) is 9.78 Å². The number of nitrogen functional groups attached to an aromatic ring is 1. The van der Waals surface area contributed by atoms with Gasteiger partial charge in [-0.3, -0.25) is 0 Å². The van der Waals surface area contributed by atoms with Gasteiger partial charge in [-0.1, -0.05) is 6.92 Å². The number of rotatable bonds is 4. The largest absolute Gasteiger partial charge is 0.478 e. The van der Waals surface area contributed by atoms with Crippen LogP contribution in [0.15, 0.2) is 12.3 Å². The molecule has 5 nitrogen and oxygen atoms in total. The zero-order valence-corrected chi connectivity index (χ0v) is 9.10. The molecule has 0 aliphatic heterocycles. The van der Waals surface area contributed by atoms with Crippen LogP contribution in [-0.2, 0) is 0 Å². The fraction of sp³-hybridized carbons (Fsp3) is 0.455. The lowest BCUT2D eigenvalue weighted by Gasteiger charge is -2.08. The van der Waals surface area contributed by atoms with Crippen molar-refractivity contribution >= 4 is 17.5 Å². The Morgan fingerprint density at radius 1 is 1.75 bits per heavy atom.